The quantitative estimate of drug-likeness (QED) is 0.824. The summed E-state index contributed by atoms with van der Waals surface area (Å²) in [5, 5.41) is 3.53. The Balaban J connectivity index is 1.93. The summed E-state index contributed by atoms with van der Waals surface area (Å²) < 4.78 is 5.39. The number of hydrogen-bond acceptors (Lipinski definition) is 3. The minimum Gasteiger partial charge on any atom is -0.382 e. The Morgan fingerprint density at radius 1 is 1.32 bits per heavy atom. The van der Waals surface area contributed by atoms with Gasteiger partial charge in [-0.15, -0.1) is 0 Å². The van der Waals surface area contributed by atoms with Gasteiger partial charge in [-0.2, -0.15) is 0 Å². The smallest absolute Gasteiger partial charge is 0.162 e. The second kappa shape index (κ2) is 6.71. The third-order valence-corrected chi connectivity index (χ3v) is 3.90. The van der Waals surface area contributed by atoms with Gasteiger partial charge in [-0.25, -0.2) is 0 Å². The predicted octanol–water partition coefficient (Wildman–Crippen LogP) is 3.51. The number of rotatable bonds is 5. The van der Waals surface area contributed by atoms with E-state index in [4.69, 9.17) is 4.74 Å². The molecule has 1 aliphatic rings. The van der Waals surface area contributed by atoms with Crippen molar-refractivity contribution < 1.29 is 9.53 Å². The molecule has 3 heteroatoms. The van der Waals surface area contributed by atoms with Crippen molar-refractivity contribution in [3.63, 3.8) is 0 Å². The molecule has 0 bridgehead atoms. The molecule has 0 radical (unpaired) electrons. The largest absolute Gasteiger partial charge is 0.382 e. The van der Waals surface area contributed by atoms with Gasteiger partial charge >= 0.3 is 0 Å². The number of Topliss-reactive ketones (excluding diaryl/α,β-unsaturated/α-hetero) is 1. The Kier molecular flexibility index (Phi) is 4.97. The van der Waals surface area contributed by atoms with Gasteiger partial charge in [-0.05, 0) is 49.9 Å². The maximum Gasteiger partial charge on any atom is 0.162 e. The van der Waals surface area contributed by atoms with Crippen LogP contribution in [0.25, 0.3) is 0 Å². The fourth-order valence-corrected chi connectivity index (χ4v) is 2.55. The van der Waals surface area contributed by atoms with E-state index >= 15 is 0 Å². The zero-order chi connectivity index (χ0) is 13.7. The molecule has 1 saturated heterocycles. The lowest BCUT2D eigenvalue weighted by Crippen LogP contribution is -2.30. The van der Waals surface area contributed by atoms with E-state index in [0.717, 1.165) is 37.3 Å². The summed E-state index contributed by atoms with van der Waals surface area (Å²) in [7, 11) is 0. The molecule has 1 aromatic carbocycles. The van der Waals surface area contributed by atoms with E-state index < -0.39 is 0 Å². The van der Waals surface area contributed by atoms with E-state index in [1.807, 2.05) is 31.2 Å². The summed E-state index contributed by atoms with van der Waals surface area (Å²) in [5.41, 5.74) is 1.89. The first-order chi connectivity index (χ1) is 9.20. The highest BCUT2D eigenvalue weighted by atomic mass is 16.5. The van der Waals surface area contributed by atoms with Gasteiger partial charge in [-0.1, -0.05) is 6.92 Å². The number of nitrogens with one attached hydrogen (secondary N) is 1. The molecule has 0 spiro atoms. The van der Waals surface area contributed by atoms with Crippen molar-refractivity contribution in [1.82, 2.24) is 0 Å². The van der Waals surface area contributed by atoms with Gasteiger partial charge in [0.05, 0.1) is 0 Å². The Labute approximate surface area is 115 Å². The summed E-state index contributed by atoms with van der Waals surface area (Å²) >= 11 is 0. The first kappa shape index (κ1) is 14.1. The topological polar surface area (TPSA) is 38.3 Å². The summed E-state index contributed by atoms with van der Waals surface area (Å²) in [6.45, 7) is 5.87. The number of ketones is 1. The van der Waals surface area contributed by atoms with Crippen LogP contribution < -0.4 is 5.32 Å². The van der Waals surface area contributed by atoms with Crippen LogP contribution in [0, 0.1) is 5.92 Å². The average molecular weight is 261 g/mol. The molecule has 0 aromatic heterocycles. The first-order valence-electron chi connectivity index (χ1n) is 7.18. The predicted molar refractivity (Wildman–Crippen MR) is 77.7 cm³/mol. The number of benzene rings is 1. The van der Waals surface area contributed by atoms with Gasteiger partial charge in [0.15, 0.2) is 5.78 Å². The molecule has 1 atom stereocenters. The maximum atomic E-state index is 11.6. The van der Waals surface area contributed by atoms with E-state index in [2.05, 4.69) is 12.2 Å². The summed E-state index contributed by atoms with van der Waals surface area (Å²) in [5.74, 6) is 0.870. The van der Waals surface area contributed by atoms with Gasteiger partial charge in [0.1, 0.15) is 0 Å². The fraction of sp³-hybridized carbons (Fsp3) is 0.562. The van der Waals surface area contributed by atoms with Crippen LogP contribution in [0.5, 0.6) is 0 Å². The summed E-state index contributed by atoms with van der Waals surface area (Å²) in [6, 6.07) is 8.25. The maximum absolute atomic E-state index is 11.6. The van der Waals surface area contributed by atoms with Crippen molar-refractivity contribution in [2.24, 2.45) is 5.92 Å². The number of hydrogen-bond donors (Lipinski definition) is 1. The van der Waals surface area contributed by atoms with Crippen LogP contribution in [0.3, 0.4) is 0 Å². The van der Waals surface area contributed by atoms with E-state index in [1.54, 1.807) is 0 Å². The minimum atomic E-state index is 0.198. The number of ether oxygens (including phenoxy) is 1. The van der Waals surface area contributed by atoms with Crippen LogP contribution in [0.4, 0.5) is 5.69 Å². The van der Waals surface area contributed by atoms with E-state index in [9.17, 15) is 4.79 Å². The summed E-state index contributed by atoms with van der Waals surface area (Å²) in [4.78, 5) is 11.6. The van der Waals surface area contributed by atoms with Gasteiger partial charge in [0, 0.05) is 36.9 Å². The lowest BCUT2D eigenvalue weighted by molar-refractivity contribution is 0.0622. The monoisotopic (exact) mass is 261 g/mol. The van der Waals surface area contributed by atoms with Crippen LogP contribution in [-0.2, 0) is 4.74 Å². The van der Waals surface area contributed by atoms with E-state index in [1.165, 1.54) is 0 Å². The van der Waals surface area contributed by atoms with Crippen molar-refractivity contribution in [2.45, 2.75) is 39.2 Å². The molecule has 0 amide bonds. The standard InChI is InChI=1S/C16H23NO2/c1-3-16(18)14-4-6-15(7-5-14)17-12(2)13-8-10-19-11-9-13/h4-7,12-13,17H,3,8-11H2,1-2H3. The Morgan fingerprint density at radius 3 is 2.53 bits per heavy atom. The van der Waals surface area contributed by atoms with E-state index in [-0.39, 0.29) is 5.78 Å². The molecule has 1 heterocycles. The van der Waals surface area contributed by atoms with Crippen molar-refractivity contribution in [2.75, 3.05) is 18.5 Å². The molecule has 1 N–H and O–H groups in total. The highest BCUT2D eigenvalue weighted by molar-refractivity contribution is 5.96. The second-order valence-electron chi connectivity index (χ2n) is 5.24. The third kappa shape index (κ3) is 3.80. The van der Waals surface area contributed by atoms with Gasteiger partial charge in [0.25, 0.3) is 0 Å². The molecule has 2 rings (SSSR count). The number of carbonyl (C=O) groups excluding carboxylic acids is 1. The fourth-order valence-electron chi connectivity index (χ4n) is 2.55. The molecule has 19 heavy (non-hydrogen) atoms. The Morgan fingerprint density at radius 2 is 1.95 bits per heavy atom. The van der Waals surface area contributed by atoms with Crippen molar-refractivity contribution in [3.05, 3.63) is 29.8 Å². The molecule has 1 aromatic rings. The van der Waals surface area contributed by atoms with Crippen molar-refractivity contribution in [3.8, 4) is 0 Å². The van der Waals surface area contributed by atoms with E-state index in [0.29, 0.717) is 18.4 Å². The molecule has 1 fully saturated rings. The van der Waals surface area contributed by atoms with Gasteiger partial charge in [-0.3, -0.25) is 4.79 Å². The van der Waals surface area contributed by atoms with Crippen LogP contribution in [-0.4, -0.2) is 25.0 Å². The second-order valence-corrected chi connectivity index (χ2v) is 5.24. The first-order valence-corrected chi connectivity index (χ1v) is 7.18. The third-order valence-electron chi connectivity index (χ3n) is 3.90. The highest BCUT2D eigenvalue weighted by Gasteiger charge is 2.20. The van der Waals surface area contributed by atoms with Gasteiger partial charge in [0.2, 0.25) is 0 Å². The molecule has 1 unspecified atom stereocenters. The zero-order valence-corrected chi connectivity index (χ0v) is 11.8. The lowest BCUT2D eigenvalue weighted by Gasteiger charge is -2.29. The van der Waals surface area contributed by atoms with Crippen molar-refractivity contribution in [1.29, 1.82) is 0 Å². The molecule has 0 aliphatic carbocycles. The Hall–Kier alpha value is -1.35. The lowest BCUT2D eigenvalue weighted by atomic mass is 9.93. The minimum absolute atomic E-state index is 0.198. The average Bonchev–Trinajstić information content (AvgIpc) is 2.48. The number of carbonyl (C=O) groups is 1. The number of anilines is 1. The normalized spacial score (nSPS) is 18.0. The molecule has 0 saturated carbocycles. The molecular formula is C16H23NO2. The van der Waals surface area contributed by atoms with Crippen LogP contribution in [0.15, 0.2) is 24.3 Å². The van der Waals surface area contributed by atoms with Crippen molar-refractivity contribution >= 4 is 11.5 Å². The van der Waals surface area contributed by atoms with Crippen LogP contribution >= 0.6 is 0 Å². The highest BCUT2D eigenvalue weighted by Crippen LogP contribution is 2.22. The molecule has 104 valence electrons. The molecular weight excluding hydrogens is 238 g/mol. The van der Waals surface area contributed by atoms with Crippen LogP contribution in [0.1, 0.15) is 43.5 Å². The SMILES string of the molecule is CCC(=O)c1ccc(NC(C)C2CCOCC2)cc1. The summed E-state index contributed by atoms with van der Waals surface area (Å²) in [6.07, 6.45) is 2.81. The molecule has 1 aliphatic heterocycles. The Bertz CT molecular complexity index is 407. The van der Waals surface area contributed by atoms with Crippen LogP contribution in [0.2, 0.25) is 0 Å². The van der Waals surface area contributed by atoms with Gasteiger partial charge < -0.3 is 10.1 Å². The molecule has 3 nitrogen and oxygen atoms in total. The zero-order valence-electron chi connectivity index (χ0n) is 11.8.